The van der Waals surface area contributed by atoms with Crippen molar-refractivity contribution < 1.29 is 56.2 Å². The second-order valence-electron chi connectivity index (χ2n) is 16.0. The fourth-order valence-electron chi connectivity index (χ4n) is 6.83. The second kappa shape index (κ2) is 39.4. The zero-order valence-electron chi connectivity index (χ0n) is 37.7. The molecule has 0 aromatic carbocycles. The molecule has 0 aromatic heterocycles. The third-order valence-electron chi connectivity index (χ3n) is 10.4. The van der Waals surface area contributed by atoms with Gasteiger partial charge in [0.05, 0.1) is 19.8 Å². The van der Waals surface area contributed by atoms with Crippen LogP contribution in [0.2, 0.25) is 0 Å². The number of aliphatic hydroxyl groups is 3. The van der Waals surface area contributed by atoms with Gasteiger partial charge >= 0.3 is 16.4 Å². The van der Waals surface area contributed by atoms with E-state index in [0.29, 0.717) is 13.0 Å². The minimum atomic E-state index is -5.07. The fourth-order valence-corrected chi connectivity index (χ4v) is 7.34. The summed E-state index contributed by atoms with van der Waals surface area (Å²) in [7, 11) is -5.07. The van der Waals surface area contributed by atoms with Crippen molar-refractivity contribution in [2.75, 3.05) is 26.4 Å². The molecule has 1 aliphatic rings. The van der Waals surface area contributed by atoms with Gasteiger partial charge in [0.1, 0.15) is 30.5 Å². The Hall–Kier alpha value is -2.20. The monoisotopic (exact) mass is 885 g/mol. The van der Waals surface area contributed by atoms with Crippen LogP contribution in [-0.4, -0.2) is 97.5 Å². The number of ether oxygens (including phenoxy) is 4. The first-order valence-electron chi connectivity index (χ1n) is 23.5. The predicted molar refractivity (Wildman–Crippen MR) is 243 cm³/mol. The molecule has 0 aliphatic carbocycles. The first kappa shape index (κ1) is 56.8. The van der Waals surface area contributed by atoms with Gasteiger partial charge in [-0.2, -0.15) is 8.42 Å². The fraction of sp³-hybridized carbons (Fsp3) is 0.771. The summed E-state index contributed by atoms with van der Waals surface area (Å²) in [6.07, 6.45) is 39.6. The maximum atomic E-state index is 12.9. The number of rotatable bonds is 40. The van der Waals surface area contributed by atoms with Gasteiger partial charge in [0.2, 0.25) is 0 Å². The van der Waals surface area contributed by atoms with E-state index >= 15 is 0 Å². The molecule has 1 aliphatic heterocycles. The Morgan fingerprint density at radius 2 is 1.13 bits per heavy atom. The summed E-state index contributed by atoms with van der Waals surface area (Å²) in [6, 6.07) is 0. The third kappa shape index (κ3) is 33.0. The summed E-state index contributed by atoms with van der Waals surface area (Å²) in [5.41, 5.74) is 0. The van der Waals surface area contributed by atoms with E-state index < -0.39 is 59.8 Å². The molecule has 1 fully saturated rings. The zero-order valence-corrected chi connectivity index (χ0v) is 38.5. The molecule has 0 amide bonds. The molecular weight excluding hydrogens is 801 g/mol. The van der Waals surface area contributed by atoms with Crippen LogP contribution in [0.3, 0.4) is 0 Å². The Labute approximate surface area is 369 Å². The van der Waals surface area contributed by atoms with Gasteiger partial charge < -0.3 is 34.3 Å². The van der Waals surface area contributed by atoms with E-state index in [9.17, 15) is 28.5 Å². The number of esters is 1. The van der Waals surface area contributed by atoms with Gasteiger partial charge in [0, 0.05) is 13.0 Å². The Morgan fingerprint density at radius 3 is 1.66 bits per heavy atom. The van der Waals surface area contributed by atoms with Crippen LogP contribution in [0.15, 0.2) is 60.8 Å². The van der Waals surface area contributed by atoms with Gasteiger partial charge in [-0.05, 0) is 77.0 Å². The van der Waals surface area contributed by atoms with Crippen LogP contribution in [0.5, 0.6) is 0 Å². The molecule has 1 saturated heterocycles. The normalized spacial score (nSPS) is 20.7. The van der Waals surface area contributed by atoms with Gasteiger partial charge in [-0.15, -0.1) is 0 Å². The standard InChI is InChI=1S/C48H84O12S/c1-3-5-7-9-11-13-15-17-19-21-22-24-26-28-30-32-34-36-38-56-40-42(41-57-48-46(52)47(60-61(53,54)55)45(51)43(39-49)59-48)58-44(50)37-35-33-31-29-27-25-23-20-18-16-14-12-10-8-6-4-2/h5,7,11,13-14,16-17,19-20,23,42-43,45-49,51-52H,3-4,6,8-10,12,15,18,21-22,24-41H2,1-2H3,(H,53,54,55)/b7-5-,13-11-,16-14-,19-17-,23-20-. The highest BCUT2D eigenvalue weighted by Crippen LogP contribution is 2.26. The smallest absolute Gasteiger partial charge is 0.397 e. The third-order valence-corrected chi connectivity index (χ3v) is 10.8. The summed E-state index contributed by atoms with van der Waals surface area (Å²) in [6.45, 7) is 3.82. The summed E-state index contributed by atoms with van der Waals surface area (Å²) in [5, 5.41) is 30.7. The van der Waals surface area contributed by atoms with E-state index in [4.69, 9.17) is 23.5 Å². The highest BCUT2D eigenvalue weighted by molar-refractivity contribution is 7.80. The topological polar surface area (TPSA) is 178 Å². The Morgan fingerprint density at radius 1 is 0.639 bits per heavy atom. The number of carbonyl (C=O) groups is 1. The average Bonchev–Trinajstić information content (AvgIpc) is 3.23. The summed E-state index contributed by atoms with van der Waals surface area (Å²) in [4.78, 5) is 12.9. The molecular formula is C48H84O12S. The molecule has 1 heterocycles. The quantitative estimate of drug-likeness (QED) is 0.0198. The van der Waals surface area contributed by atoms with Crippen molar-refractivity contribution >= 4 is 16.4 Å². The largest absolute Gasteiger partial charge is 0.457 e. The van der Waals surface area contributed by atoms with Gasteiger partial charge in [-0.25, -0.2) is 4.18 Å². The lowest BCUT2D eigenvalue weighted by Gasteiger charge is -2.41. The van der Waals surface area contributed by atoms with Crippen molar-refractivity contribution in [3.05, 3.63) is 60.8 Å². The number of aliphatic hydroxyl groups excluding tert-OH is 3. The van der Waals surface area contributed by atoms with Gasteiger partial charge in [0.25, 0.3) is 0 Å². The second-order valence-corrected chi connectivity index (χ2v) is 17.0. The SMILES string of the molecule is CC/C=C\C/C=C\C/C=C\CCCCCCCCCCOCC(COC1OC(CO)C(O)C(OS(=O)(=O)O)C1O)OC(=O)CCCCCCC/C=C\C/C=C\CCCCCC. The van der Waals surface area contributed by atoms with Gasteiger partial charge in [-0.3, -0.25) is 9.35 Å². The zero-order chi connectivity index (χ0) is 44.7. The Balaban J connectivity index is 2.43. The first-order chi connectivity index (χ1) is 29.6. The van der Waals surface area contributed by atoms with Crippen LogP contribution >= 0.6 is 0 Å². The Bertz CT molecular complexity index is 1300. The lowest BCUT2D eigenvalue weighted by atomic mass is 9.99. The molecule has 13 heteroatoms. The van der Waals surface area contributed by atoms with E-state index in [1.54, 1.807) is 0 Å². The van der Waals surface area contributed by atoms with E-state index in [1.807, 2.05) is 0 Å². The van der Waals surface area contributed by atoms with E-state index in [2.05, 4.69) is 78.8 Å². The maximum Gasteiger partial charge on any atom is 0.397 e. The van der Waals surface area contributed by atoms with E-state index in [0.717, 1.165) is 89.9 Å². The van der Waals surface area contributed by atoms with Crippen molar-refractivity contribution in [3.63, 3.8) is 0 Å². The van der Waals surface area contributed by atoms with E-state index in [1.165, 1.54) is 57.8 Å². The average molecular weight is 885 g/mol. The van der Waals surface area contributed by atoms with Crippen LogP contribution in [-0.2, 0) is 38.3 Å². The highest BCUT2D eigenvalue weighted by atomic mass is 32.3. The molecule has 6 unspecified atom stereocenters. The number of hydrogen-bond donors (Lipinski definition) is 4. The van der Waals surface area contributed by atoms with Gasteiger partial charge in [0.15, 0.2) is 6.29 Å². The van der Waals surface area contributed by atoms with Crippen LogP contribution < -0.4 is 0 Å². The number of unbranched alkanes of at least 4 members (excludes halogenated alkanes) is 17. The first-order valence-corrected chi connectivity index (χ1v) is 24.9. The highest BCUT2D eigenvalue weighted by Gasteiger charge is 2.48. The van der Waals surface area contributed by atoms with Crippen molar-refractivity contribution in [3.8, 4) is 0 Å². The predicted octanol–water partition coefficient (Wildman–Crippen LogP) is 10.1. The summed E-state index contributed by atoms with van der Waals surface area (Å²) >= 11 is 0. The molecule has 0 spiro atoms. The van der Waals surface area contributed by atoms with Crippen molar-refractivity contribution in [2.24, 2.45) is 0 Å². The molecule has 4 N–H and O–H groups in total. The molecule has 61 heavy (non-hydrogen) atoms. The van der Waals surface area contributed by atoms with Crippen molar-refractivity contribution in [2.45, 2.75) is 211 Å². The molecule has 354 valence electrons. The lowest BCUT2D eigenvalue weighted by molar-refractivity contribution is -0.301. The molecule has 12 nitrogen and oxygen atoms in total. The van der Waals surface area contributed by atoms with Crippen molar-refractivity contribution in [1.82, 2.24) is 0 Å². The summed E-state index contributed by atoms with van der Waals surface area (Å²) < 4.78 is 59.1. The van der Waals surface area contributed by atoms with Crippen LogP contribution in [0.25, 0.3) is 0 Å². The minimum absolute atomic E-state index is 0.0227. The van der Waals surface area contributed by atoms with E-state index in [-0.39, 0.29) is 19.6 Å². The Kier molecular flexibility index (Phi) is 36.7. The molecule has 0 bridgehead atoms. The molecule has 0 aromatic rings. The number of carbonyl (C=O) groups excluding carboxylic acids is 1. The van der Waals surface area contributed by atoms with Crippen LogP contribution in [0.4, 0.5) is 0 Å². The molecule has 6 atom stereocenters. The molecule has 0 radical (unpaired) electrons. The molecule has 1 rings (SSSR count). The van der Waals surface area contributed by atoms with Crippen molar-refractivity contribution in [1.29, 1.82) is 0 Å². The van der Waals surface area contributed by atoms with Crippen LogP contribution in [0.1, 0.15) is 174 Å². The lowest BCUT2D eigenvalue weighted by Crippen LogP contribution is -2.60. The minimum Gasteiger partial charge on any atom is -0.457 e. The molecule has 0 saturated carbocycles. The maximum absolute atomic E-state index is 12.9. The summed E-state index contributed by atoms with van der Waals surface area (Å²) in [5.74, 6) is -0.417. The number of hydrogen-bond acceptors (Lipinski definition) is 11. The number of allylic oxidation sites excluding steroid dienone is 10. The van der Waals surface area contributed by atoms with Gasteiger partial charge in [-0.1, -0.05) is 152 Å². The van der Waals surface area contributed by atoms with Crippen LogP contribution in [0, 0.1) is 0 Å².